The second-order valence-electron chi connectivity index (χ2n) is 14.9. The lowest BCUT2D eigenvalue weighted by Gasteiger charge is -2.31. The van der Waals surface area contributed by atoms with Crippen molar-refractivity contribution in [2.45, 2.75) is 105 Å². The summed E-state index contributed by atoms with van der Waals surface area (Å²) >= 11 is 0. The van der Waals surface area contributed by atoms with E-state index in [9.17, 15) is 0 Å². The number of benzene rings is 4. The molecule has 0 radical (unpaired) electrons. The van der Waals surface area contributed by atoms with Gasteiger partial charge < -0.3 is 5.32 Å². The van der Waals surface area contributed by atoms with Gasteiger partial charge in [0.25, 0.3) is 0 Å². The van der Waals surface area contributed by atoms with Crippen molar-refractivity contribution in [2.24, 2.45) is 0 Å². The second kappa shape index (κ2) is 16.0. The molecule has 0 unspecified atom stereocenters. The average molecular weight is 652 g/mol. The fourth-order valence-corrected chi connectivity index (χ4v) is 7.65. The molecule has 49 heavy (non-hydrogen) atoms. The topological polar surface area (TPSA) is 15.0 Å². The molecule has 4 aromatic carbocycles. The zero-order valence-electron chi connectivity index (χ0n) is 31.5. The van der Waals surface area contributed by atoms with Crippen LogP contribution in [0.1, 0.15) is 105 Å². The summed E-state index contributed by atoms with van der Waals surface area (Å²) in [5, 5.41) is 9.18. The molecule has 0 aromatic heterocycles. The van der Waals surface area contributed by atoms with Gasteiger partial charge in [0, 0.05) is 41.8 Å². The maximum atomic E-state index is 3.87. The number of rotatable bonds is 15. The van der Waals surface area contributed by atoms with Crippen LogP contribution in [0.5, 0.6) is 0 Å². The van der Waals surface area contributed by atoms with E-state index in [1.165, 1.54) is 80.2 Å². The summed E-state index contributed by atoms with van der Waals surface area (Å²) in [6, 6.07) is 29.0. The lowest BCUT2D eigenvalue weighted by atomic mass is 9.78. The van der Waals surface area contributed by atoms with Gasteiger partial charge in [-0.25, -0.2) is 0 Å². The summed E-state index contributed by atoms with van der Waals surface area (Å²) in [6.07, 6.45) is 18.6. The van der Waals surface area contributed by atoms with E-state index in [4.69, 9.17) is 0 Å². The number of hydrogen-bond acceptors (Lipinski definition) is 1. The normalized spacial score (nSPS) is 15.6. The smallest absolute Gasteiger partial charge is 0.210 e. The molecule has 256 valence electrons. The molecule has 0 saturated heterocycles. The third-order valence-corrected chi connectivity index (χ3v) is 10.5. The van der Waals surface area contributed by atoms with Gasteiger partial charge in [-0.2, -0.15) is 4.58 Å². The summed E-state index contributed by atoms with van der Waals surface area (Å²) in [5.74, 6) is 0. The SMILES string of the molecule is CCCCN/C(=C/C=C(CCC)/C(C)=C/C=C/C1=[N+](CCCC)c2ccc3ccccc3c2C1(C)C)C(C)(C)c1cccc2ccccc12. The van der Waals surface area contributed by atoms with Crippen molar-refractivity contribution in [1.29, 1.82) is 0 Å². The van der Waals surface area contributed by atoms with Crippen LogP contribution >= 0.6 is 0 Å². The second-order valence-corrected chi connectivity index (χ2v) is 14.9. The van der Waals surface area contributed by atoms with Crippen molar-refractivity contribution in [1.82, 2.24) is 5.32 Å². The third-order valence-electron chi connectivity index (χ3n) is 10.5. The van der Waals surface area contributed by atoms with Crippen molar-refractivity contribution in [3.05, 3.63) is 137 Å². The zero-order valence-corrected chi connectivity index (χ0v) is 31.5. The predicted molar refractivity (Wildman–Crippen MR) is 216 cm³/mol. The van der Waals surface area contributed by atoms with Gasteiger partial charge in [-0.15, -0.1) is 0 Å². The highest BCUT2D eigenvalue weighted by atomic mass is 15.1. The molecule has 2 nitrogen and oxygen atoms in total. The van der Waals surface area contributed by atoms with Gasteiger partial charge in [0.05, 0.1) is 5.41 Å². The molecule has 0 aliphatic carbocycles. The van der Waals surface area contributed by atoms with E-state index < -0.39 is 0 Å². The molecular formula is C47H59N2+. The highest BCUT2D eigenvalue weighted by Crippen LogP contribution is 2.44. The first-order chi connectivity index (χ1) is 23.6. The fourth-order valence-electron chi connectivity index (χ4n) is 7.65. The lowest BCUT2D eigenvalue weighted by molar-refractivity contribution is -0.438. The van der Waals surface area contributed by atoms with Gasteiger partial charge in [0.15, 0.2) is 5.71 Å². The standard InChI is InChI=1S/C47H58N2/c1-9-12-33-48-43(46(5,6)41-27-19-24-37-22-14-16-25-39(37)41)32-30-36(20-11-3)35(4)21-18-28-44-47(7,8)45-40-26-17-15-23-38(40)29-31-42(45)49(44)34-13-10-2/h14-19,21-32H,9-13,20,33-34H2,1-8H3/p+1. The first-order valence-corrected chi connectivity index (χ1v) is 18.8. The Kier molecular flexibility index (Phi) is 11.8. The number of nitrogens with one attached hydrogen (secondary N) is 1. The van der Waals surface area contributed by atoms with Crippen LogP contribution in [0.3, 0.4) is 0 Å². The van der Waals surface area contributed by atoms with Gasteiger partial charge in [0.2, 0.25) is 5.69 Å². The summed E-state index contributed by atoms with van der Waals surface area (Å²) < 4.78 is 2.58. The van der Waals surface area contributed by atoms with Crippen LogP contribution in [0.15, 0.2) is 126 Å². The van der Waals surface area contributed by atoms with E-state index in [0.717, 1.165) is 32.4 Å². The summed E-state index contributed by atoms with van der Waals surface area (Å²) in [4.78, 5) is 0. The minimum atomic E-state index is -0.175. The van der Waals surface area contributed by atoms with Gasteiger partial charge >= 0.3 is 0 Å². The van der Waals surface area contributed by atoms with E-state index in [0.29, 0.717) is 0 Å². The Morgan fingerprint density at radius 2 is 1.43 bits per heavy atom. The molecule has 0 fully saturated rings. The van der Waals surface area contributed by atoms with E-state index in [1.54, 1.807) is 0 Å². The summed E-state index contributed by atoms with van der Waals surface area (Å²) in [7, 11) is 0. The van der Waals surface area contributed by atoms with Gasteiger partial charge in [-0.3, -0.25) is 0 Å². The van der Waals surface area contributed by atoms with Crippen molar-refractivity contribution >= 4 is 32.9 Å². The number of nitrogens with zero attached hydrogens (tertiary/aromatic N) is 1. The first-order valence-electron chi connectivity index (χ1n) is 18.8. The maximum absolute atomic E-state index is 3.87. The highest BCUT2D eigenvalue weighted by Gasteiger charge is 2.45. The van der Waals surface area contributed by atoms with Crippen molar-refractivity contribution in [2.75, 3.05) is 13.1 Å². The lowest BCUT2D eigenvalue weighted by Crippen LogP contribution is -2.31. The molecule has 0 spiro atoms. The molecule has 0 amide bonds. The van der Waals surface area contributed by atoms with E-state index >= 15 is 0 Å². The molecule has 1 heterocycles. The Morgan fingerprint density at radius 3 is 2.14 bits per heavy atom. The third kappa shape index (κ3) is 7.70. The van der Waals surface area contributed by atoms with E-state index in [-0.39, 0.29) is 10.8 Å². The maximum Gasteiger partial charge on any atom is 0.210 e. The summed E-state index contributed by atoms with van der Waals surface area (Å²) in [6.45, 7) is 20.7. The van der Waals surface area contributed by atoms with E-state index in [2.05, 4.69) is 175 Å². The van der Waals surface area contributed by atoms with Crippen LogP contribution < -0.4 is 5.32 Å². The number of allylic oxidation sites excluding steroid dienone is 8. The van der Waals surface area contributed by atoms with Gasteiger partial charge in [0.1, 0.15) is 6.54 Å². The Bertz CT molecular complexity index is 1920. The molecule has 0 saturated carbocycles. The largest absolute Gasteiger partial charge is 0.388 e. The fraction of sp³-hybridized carbons (Fsp3) is 0.383. The zero-order chi connectivity index (χ0) is 35.0. The van der Waals surface area contributed by atoms with Crippen LogP contribution in [0, 0.1) is 0 Å². The molecular weight excluding hydrogens is 593 g/mol. The molecule has 5 rings (SSSR count). The van der Waals surface area contributed by atoms with Crippen LogP contribution in [0.2, 0.25) is 0 Å². The van der Waals surface area contributed by atoms with Gasteiger partial charge in [-0.1, -0.05) is 139 Å². The van der Waals surface area contributed by atoms with Gasteiger partial charge in [-0.05, 0) is 84.0 Å². The molecule has 4 aromatic rings. The Labute approximate surface area is 297 Å². The quantitative estimate of drug-likeness (QED) is 0.0768. The minimum absolute atomic E-state index is 0.0841. The van der Waals surface area contributed by atoms with Crippen LogP contribution in [-0.2, 0) is 10.8 Å². The van der Waals surface area contributed by atoms with E-state index in [1.807, 2.05) is 0 Å². The number of hydrogen-bond donors (Lipinski definition) is 1. The molecule has 1 aliphatic heterocycles. The summed E-state index contributed by atoms with van der Waals surface area (Å²) in [5.41, 5.74) is 9.30. The molecule has 0 atom stereocenters. The molecule has 1 aliphatic rings. The molecule has 0 bridgehead atoms. The molecule has 2 heteroatoms. The Hall–Kier alpha value is -4.17. The van der Waals surface area contributed by atoms with Crippen molar-refractivity contribution in [3.8, 4) is 0 Å². The average Bonchev–Trinajstić information content (AvgIpc) is 3.32. The van der Waals surface area contributed by atoms with Crippen LogP contribution in [0.4, 0.5) is 5.69 Å². The monoisotopic (exact) mass is 651 g/mol. The van der Waals surface area contributed by atoms with Crippen molar-refractivity contribution < 1.29 is 4.58 Å². The highest BCUT2D eigenvalue weighted by molar-refractivity contribution is 6.07. The minimum Gasteiger partial charge on any atom is -0.388 e. The molecule has 1 N–H and O–H groups in total. The van der Waals surface area contributed by atoms with Crippen LogP contribution in [-0.4, -0.2) is 23.4 Å². The Balaban J connectivity index is 1.50. The number of unbranched alkanes of at least 4 members (excludes halogenated alkanes) is 2. The first kappa shape index (κ1) is 36.1. The van der Waals surface area contributed by atoms with Crippen LogP contribution in [0.25, 0.3) is 21.5 Å². The number of fused-ring (bicyclic) bond motifs is 4. The Morgan fingerprint density at radius 1 is 0.755 bits per heavy atom. The predicted octanol–water partition coefficient (Wildman–Crippen LogP) is 12.6. The van der Waals surface area contributed by atoms with Crippen molar-refractivity contribution in [3.63, 3.8) is 0 Å².